The van der Waals surface area contributed by atoms with E-state index in [-0.39, 0.29) is 12.5 Å². The van der Waals surface area contributed by atoms with Gasteiger partial charge in [0.2, 0.25) is 0 Å². The van der Waals surface area contributed by atoms with Gasteiger partial charge >= 0.3 is 0 Å². The van der Waals surface area contributed by atoms with Crippen LogP contribution in [0.2, 0.25) is 0 Å². The molecule has 0 spiro atoms. The number of carbonyl (C=O) groups is 1. The van der Waals surface area contributed by atoms with Crippen LogP contribution in [0.4, 0.5) is 0 Å². The number of rotatable bonds is 4. The summed E-state index contributed by atoms with van der Waals surface area (Å²) in [5, 5.41) is 21.2. The lowest BCUT2D eigenvalue weighted by molar-refractivity contribution is -0.119. The molecule has 3 rings (SSSR count). The van der Waals surface area contributed by atoms with Gasteiger partial charge in [0, 0.05) is 5.57 Å². The monoisotopic (exact) mass is 245 g/mol. The lowest BCUT2D eigenvalue weighted by atomic mass is 10.1. The van der Waals surface area contributed by atoms with Crippen LogP contribution in [-0.4, -0.2) is 34.9 Å². The molecule has 0 aromatic heterocycles. The van der Waals surface area contributed by atoms with Crippen LogP contribution >= 0.6 is 0 Å². The molecule has 0 unspecified atom stereocenters. The molecular weight excluding hydrogens is 230 g/mol. The van der Waals surface area contributed by atoms with Crippen LogP contribution in [0.15, 0.2) is 46.1 Å². The largest absolute Gasteiger partial charge is 0.394 e. The maximum Gasteiger partial charge on any atom is 0.252 e. The van der Waals surface area contributed by atoms with Crippen molar-refractivity contribution >= 4 is 5.91 Å². The molecule has 0 aliphatic heterocycles. The van der Waals surface area contributed by atoms with E-state index in [1.54, 1.807) is 13.0 Å². The molecule has 1 saturated carbocycles. The van der Waals surface area contributed by atoms with Crippen LogP contribution in [0.1, 0.15) is 13.3 Å². The molecule has 3 N–H and O–H groups in total. The first-order valence-corrected chi connectivity index (χ1v) is 6.08. The summed E-state index contributed by atoms with van der Waals surface area (Å²) in [5.74, 6) is -0.241. The van der Waals surface area contributed by atoms with Gasteiger partial charge in [0.05, 0.1) is 18.8 Å². The van der Waals surface area contributed by atoms with E-state index in [4.69, 9.17) is 5.11 Å². The highest BCUT2D eigenvalue weighted by molar-refractivity contribution is 6.02. The van der Waals surface area contributed by atoms with Crippen LogP contribution in [0, 0.1) is 0 Å². The van der Waals surface area contributed by atoms with Gasteiger partial charge in [-0.15, -0.1) is 0 Å². The summed E-state index contributed by atoms with van der Waals surface area (Å²) in [6, 6.07) is -0.626. The average Bonchev–Trinajstić information content (AvgIpc) is 2.83. The highest BCUT2D eigenvalue weighted by Gasteiger charge is 2.35. The van der Waals surface area contributed by atoms with Gasteiger partial charge in [0.1, 0.15) is 0 Å². The van der Waals surface area contributed by atoms with Crippen molar-refractivity contribution in [2.24, 2.45) is 0 Å². The Bertz CT molecular complexity index is 549. The molecular formula is C14H15NO3. The minimum atomic E-state index is -0.775. The van der Waals surface area contributed by atoms with Crippen LogP contribution < -0.4 is 5.32 Å². The normalized spacial score (nSPS) is 22.7. The van der Waals surface area contributed by atoms with Crippen LogP contribution in [0.25, 0.3) is 0 Å². The molecule has 0 aromatic carbocycles. The van der Waals surface area contributed by atoms with Gasteiger partial charge < -0.3 is 15.5 Å². The van der Waals surface area contributed by atoms with Crippen LogP contribution in [-0.2, 0) is 4.79 Å². The summed E-state index contributed by atoms with van der Waals surface area (Å²) in [6.45, 7) is 1.27. The van der Waals surface area contributed by atoms with E-state index >= 15 is 0 Å². The summed E-state index contributed by atoms with van der Waals surface area (Å²) in [4.78, 5) is 12.1. The van der Waals surface area contributed by atoms with Gasteiger partial charge in [0.15, 0.2) is 0 Å². The Kier molecular flexibility index (Phi) is 2.50. The number of allylic oxidation sites excluding steroid dienone is 6. The maximum absolute atomic E-state index is 12.1. The minimum Gasteiger partial charge on any atom is -0.394 e. The second-order valence-electron chi connectivity index (χ2n) is 4.90. The van der Waals surface area contributed by atoms with E-state index in [0.29, 0.717) is 5.57 Å². The van der Waals surface area contributed by atoms with E-state index in [9.17, 15) is 9.90 Å². The van der Waals surface area contributed by atoms with E-state index in [2.05, 4.69) is 11.4 Å². The number of aliphatic hydroxyl groups is 2. The second kappa shape index (κ2) is 3.93. The van der Waals surface area contributed by atoms with E-state index in [0.717, 1.165) is 17.6 Å². The van der Waals surface area contributed by atoms with Crippen molar-refractivity contribution in [3.8, 4) is 0 Å². The summed E-state index contributed by atoms with van der Waals surface area (Å²) >= 11 is 0. The number of carbonyl (C=O) groups excluding carboxylic acids is 1. The molecule has 94 valence electrons. The number of fused-ring (bicyclic) bond motifs is 2. The van der Waals surface area contributed by atoms with Gasteiger partial charge in [-0.05, 0) is 47.8 Å². The molecule has 18 heavy (non-hydrogen) atoms. The van der Waals surface area contributed by atoms with E-state index in [1.807, 2.05) is 6.08 Å². The predicted molar refractivity (Wildman–Crippen MR) is 66.6 cm³/mol. The van der Waals surface area contributed by atoms with Crippen molar-refractivity contribution in [2.75, 3.05) is 6.61 Å². The zero-order chi connectivity index (χ0) is 12.9. The van der Waals surface area contributed by atoms with E-state index < -0.39 is 12.1 Å². The minimum absolute atomic E-state index is 0.241. The zero-order valence-electron chi connectivity index (χ0n) is 10.1. The first kappa shape index (κ1) is 11.4. The van der Waals surface area contributed by atoms with Crippen LogP contribution in [0.5, 0.6) is 0 Å². The lowest BCUT2D eigenvalue weighted by Crippen LogP contribution is -2.45. The molecule has 4 heteroatoms. The van der Waals surface area contributed by atoms with Crippen molar-refractivity contribution in [3.05, 3.63) is 46.1 Å². The molecule has 0 radical (unpaired) electrons. The topological polar surface area (TPSA) is 69.6 Å². The Balaban J connectivity index is 1.79. The quantitative estimate of drug-likeness (QED) is 0.669. The van der Waals surface area contributed by atoms with Crippen molar-refractivity contribution < 1.29 is 15.0 Å². The first-order chi connectivity index (χ1) is 8.61. The van der Waals surface area contributed by atoms with Crippen molar-refractivity contribution in [1.82, 2.24) is 5.32 Å². The highest BCUT2D eigenvalue weighted by atomic mass is 16.3. The summed E-state index contributed by atoms with van der Waals surface area (Å²) in [7, 11) is 0. The molecule has 0 bridgehead atoms. The fourth-order valence-corrected chi connectivity index (χ4v) is 2.40. The SMILES string of the molecule is C[C@H](O)[C@@H](CO)NC(=O)C1=C2C=C3CC3=C2C=C1. The Hall–Kier alpha value is -1.65. The summed E-state index contributed by atoms with van der Waals surface area (Å²) in [5.41, 5.74) is 5.43. The number of hydrogen-bond acceptors (Lipinski definition) is 3. The van der Waals surface area contributed by atoms with Crippen LogP contribution in [0.3, 0.4) is 0 Å². The molecule has 0 aromatic rings. The Morgan fingerprint density at radius 3 is 2.89 bits per heavy atom. The third-order valence-electron chi connectivity index (χ3n) is 3.61. The smallest absolute Gasteiger partial charge is 0.252 e. The van der Waals surface area contributed by atoms with Crippen molar-refractivity contribution in [1.29, 1.82) is 0 Å². The van der Waals surface area contributed by atoms with E-state index in [1.165, 1.54) is 11.1 Å². The Morgan fingerprint density at radius 2 is 2.22 bits per heavy atom. The van der Waals surface area contributed by atoms with Crippen molar-refractivity contribution in [3.63, 3.8) is 0 Å². The summed E-state index contributed by atoms with van der Waals surface area (Å²) < 4.78 is 0. The number of aliphatic hydroxyl groups excluding tert-OH is 2. The Labute approximate surface area is 105 Å². The molecule has 4 nitrogen and oxygen atoms in total. The summed E-state index contributed by atoms with van der Waals surface area (Å²) in [6.07, 6.45) is 6.09. The van der Waals surface area contributed by atoms with Crippen molar-refractivity contribution in [2.45, 2.75) is 25.5 Å². The molecule has 0 heterocycles. The number of nitrogens with one attached hydrogen (secondary N) is 1. The molecule has 0 saturated heterocycles. The van der Waals surface area contributed by atoms with Gasteiger partial charge in [0.25, 0.3) is 5.91 Å². The highest BCUT2D eigenvalue weighted by Crippen LogP contribution is 2.51. The lowest BCUT2D eigenvalue weighted by Gasteiger charge is -2.19. The molecule has 1 fully saturated rings. The number of amides is 1. The zero-order valence-corrected chi connectivity index (χ0v) is 10.1. The molecule has 2 atom stereocenters. The standard InChI is InChI=1S/C14H15NO3/c1-7(17)13(6-16)15-14(18)10-3-2-9-11-4-8(11)5-12(9)10/h2-3,5,7,13,16-17H,4,6H2,1H3,(H,15,18)/t7-,13+/m0/s1. The van der Waals surface area contributed by atoms with Gasteiger partial charge in [-0.25, -0.2) is 0 Å². The predicted octanol–water partition coefficient (Wildman–Crippen LogP) is 0.351. The first-order valence-electron chi connectivity index (χ1n) is 6.08. The van der Waals surface area contributed by atoms with Gasteiger partial charge in [-0.3, -0.25) is 4.79 Å². The van der Waals surface area contributed by atoms with Gasteiger partial charge in [-0.2, -0.15) is 0 Å². The Morgan fingerprint density at radius 1 is 1.44 bits per heavy atom. The maximum atomic E-state index is 12.1. The fraction of sp³-hybridized carbons (Fsp3) is 0.357. The third kappa shape index (κ3) is 1.65. The fourth-order valence-electron chi connectivity index (χ4n) is 2.40. The average molecular weight is 245 g/mol. The molecule has 1 amide bonds. The number of hydrogen-bond donors (Lipinski definition) is 3. The van der Waals surface area contributed by atoms with Gasteiger partial charge in [-0.1, -0.05) is 6.08 Å². The third-order valence-corrected chi connectivity index (χ3v) is 3.61. The second-order valence-corrected chi connectivity index (χ2v) is 4.90. The molecule has 3 aliphatic carbocycles. The molecule has 3 aliphatic rings.